The topological polar surface area (TPSA) is 37.3 Å². The molecule has 0 saturated heterocycles. The van der Waals surface area contributed by atoms with Gasteiger partial charge in [0.25, 0.3) is 0 Å². The van der Waals surface area contributed by atoms with E-state index in [0.29, 0.717) is 5.57 Å². The molecule has 130 valence electrons. The summed E-state index contributed by atoms with van der Waals surface area (Å²) >= 11 is 0. The summed E-state index contributed by atoms with van der Waals surface area (Å²) in [6, 6.07) is 0. The fourth-order valence-electron chi connectivity index (χ4n) is 2.96. The summed E-state index contributed by atoms with van der Waals surface area (Å²) < 4.78 is 0. The van der Waals surface area contributed by atoms with E-state index in [2.05, 4.69) is 13.8 Å². The predicted octanol–water partition coefficient (Wildman–Crippen LogP) is 6.89. The molecule has 0 amide bonds. The lowest BCUT2D eigenvalue weighted by molar-refractivity contribution is -0.132. The summed E-state index contributed by atoms with van der Waals surface area (Å²) in [6.07, 6.45) is 18.0. The number of unbranched alkanes of at least 4 members (excludes halogenated alkanes) is 11. The van der Waals surface area contributed by atoms with Crippen molar-refractivity contribution >= 4 is 5.97 Å². The van der Waals surface area contributed by atoms with Gasteiger partial charge in [-0.2, -0.15) is 0 Å². The van der Waals surface area contributed by atoms with E-state index in [0.717, 1.165) is 24.8 Å². The second kappa shape index (κ2) is 15.1. The van der Waals surface area contributed by atoms with Crippen LogP contribution in [0.1, 0.15) is 111 Å². The summed E-state index contributed by atoms with van der Waals surface area (Å²) in [6.45, 7) is 6.06. The molecule has 2 heteroatoms. The Kier molecular flexibility index (Phi) is 14.6. The Hall–Kier alpha value is -0.790. The zero-order valence-electron chi connectivity index (χ0n) is 15.3. The molecule has 0 fully saturated rings. The zero-order chi connectivity index (χ0) is 16.6. The highest BCUT2D eigenvalue weighted by atomic mass is 16.4. The first-order valence-corrected chi connectivity index (χ1v) is 9.55. The fraction of sp³-hybridized carbons (Fsp3) is 0.850. The maximum atomic E-state index is 11.0. The van der Waals surface area contributed by atoms with Crippen LogP contribution in [0.15, 0.2) is 11.1 Å². The average molecular weight is 311 g/mol. The fourth-order valence-corrected chi connectivity index (χ4v) is 2.96. The highest BCUT2D eigenvalue weighted by Gasteiger charge is 2.07. The molecule has 0 aromatic rings. The number of aliphatic carboxylic acids is 1. The Morgan fingerprint density at radius 3 is 1.50 bits per heavy atom. The molecule has 22 heavy (non-hydrogen) atoms. The Balaban J connectivity index is 3.43. The third-order valence-corrected chi connectivity index (χ3v) is 4.61. The smallest absolute Gasteiger partial charge is 0.331 e. The van der Waals surface area contributed by atoms with Crippen molar-refractivity contribution in [1.82, 2.24) is 0 Å². The number of hydrogen-bond donors (Lipinski definition) is 1. The van der Waals surface area contributed by atoms with Crippen LogP contribution in [0.3, 0.4) is 0 Å². The van der Waals surface area contributed by atoms with Gasteiger partial charge in [-0.1, -0.05) is 90.0 Å². The Bertz CT molecular complexity index is 305. The summed E-state index contributed by atoms with van der Waals surface area (Å²) in [4.78, 5) is 11.0. The molecule has 0 spiro atoms. The van der Waals surface area contributed by atoms with Gasteiger partial charge in [0, 0.05) is 5.57 Å². The van der Waals surface area contributed by atoms with Crippen molar-refractivity contribution in [2.45, 2.75) is 111 Å². The average Bonchev–Trinajstić information content (AvgIpc) is 2.51. The molecular formula is C20H38O2. The molecule has 0 aliphatic heterocycles. The van der Waals surface area contributed by atoms with Gasteiger partial charge in [-0.3, -0.25) is 0 Å². The van der Waals surface area contributed by atoms with Gasteiger partial charge >= 0.3 is 5.97 Å². The van der Waals surface area contributed by atoms with Crippen LogP contribution in [-0.2, 0) is 4.79 Å². The summed E-state index contributed by atoms with van der Waals surface area (Å²) in [5.41, 5.74) is 1.69. The van der Waals surface area contributed by atoms with E-state index in [-0.39, 0.29) is 0 Å². The molecule has 0 rings (SSSR count). The molecule has 0 unspecified atom stereocenters. The Morgan fingerprint density at radius 1 is 0.727 bits per heavy atom. The number of carboxylic acids is 1. The standard InChI is InChI=1S/C20H38O2/c1-4-6-7-8-9-10-11-12-13-14-15-16-17-19(5-2)18(3)20(21)22/h4-17H2,1-3H3,(H,21,22)/b19-18+. The van der Waals surface area contributed by atoms with Gasteiger partial charge in [0.15, 0.2) is 0 Å². The molecule has 0 radical (unpaired) electrons. The Labute approximate surface area is 138 Å². The van der Waals surface area contributed by atoms with Crippen LogP contribution in [0.5, 0.6) is 0 Å². The predicted molar refractivity (Wildman–Crippen MR) is 96.3 cm³/mol. The van der Waals surface area contributed by atoms with Crippen LogP contribution in [0.2, 0.25) is 0 Å². The summed E-state index contributed by atoms with van der Waals surface area (Å²) in [5, 5.41) is 9.02. The largest absolute Gasteiger partial charge is 0.478 e. The first-order valence-electron chi connectivity index (χ1n) is 9.55. The summed E-state index contributed by atoms with van der Waals surface area (Å²) in [7, 11) is 0. The Morgan fingerprint density at radius 2 is 1.14 bits per heavy atom. The van der Waals surface area contributed by atoms with Crippen LogP contribution in [-0.4, -0.2) is 11.1 Å². The van der Waals surface area contributed by atoms with E-state index >= 15 is 0 Å². The van der Waals surface area contributed by atoms with Gasteiger partial charge in [0.2, 0.25) is 0 Å². The molecular weight excluding hydrogens is 272 g/mol. The quantitative estimate of drug-likeness (QED) is 0.264. The number of carbonyl (C=O) groups is 1. The van der Waals surface area contributed by atoms with Crippen LogP contribution >= 0.6 is 0 Å². The highest BCUT2D eigenvalue weighted by Crippen LogP contribution is 2.18. The maximum Gasteiger partial charge on any atom is 0.331 e. The first kappa shape index (κ1) is 21.2. The highest BCUT2D eigenvalue weighted by molar-refractivity contribution is 5.86. The van der Waals surface area contributed by atoms with Gasteiger partial charge in [0.05, 0.1) is 0 Å². The van der Waals surface area contributed by atoms with Gasteiger partial charge in [-0.15, -0.1) is 0 Å². The van der Waals surface area contributed by atoms with E-state index in [9.17, 15) is 4.79 Å². The SMILES string of the molecule is CCCCCCCCCCCCCC/C(CC)=C(\C)C(=O)O. The van der Waals surface area contributed by atoms with E-state index in [1.54, 1.807) is 6.92 Å². The molecule has 0 aromatic heterocycles. The molecule has 0 aromatic carbocycles. The number of allylic oxidation sites excluding steroid dienone is 1. The normalized spacial score (nSPS) is 12.3. The van der Waals surface area contributed by atoms with Crippen molar-refractivity contribution in [3.8, 4) is 0 Å². The van der Waals surface area contributed by atoms with Crippen molar-refractivity contribution in [2.75, 3.05) is 0 Å². The minimum Gasteiger partial charge on any atom is -0.478 e. The third kappa shape index (κ3) is 11.8. The third-order valence-electron chi connectivity index (χ3n) is 4.61. The number of hydrogen-bond acceptors (Lipinski definition) is 1. The van der Waals surface area contributed by atoms with E-state index in [4.69, 9.17) is 5.11 Å². The van der Waals surface area contributed by atoms with Crippen LogP contribution in [0.4, 0.5) is 0 Å². The second-order valence-electron chi connectivity index (χ2n) is 6.53. The molecule has 1 N–H and O–H groups in total. The lowest BCUT2D eigenvalue weighted by Gasteiger charge is -2.07. The van der Waals surface area contributed by atoms with Crippen molar-refractivity contribution < 1.29 is 9.90 Å². The van der Waals surface area contributed by atoms with E-state index < -0.39 is 5.97 Å². The van der Waals surface area contributed by atoms with Crippen LogP contribution in [0, 0.1) is 0 Å². The lowest BCUT2D eigenvalue weighted by atomic mass is 9.99. The minimum atomic E-state index is -0.754. The molecule has 0 saturated carbocycles. The first-order chi connectivity index (χ1) is 10.6. The van der Waals surface area contributed by atoms with Crippen molar-refractivity contribution in [3.05, 3.63) is 11.1 Å². The van der Waals surface area contributed by atoms with Gasteiger partial charge in [-0.25, -0.2) is 4.79 Å². The van der Waals surface area contributed by atoms with E-state index in [1.165, 1.54) is 70.6 Å². The molecule has 0 aliphatic carbocycles. The summed E-state index contributed by atoms with van der Waals surface area (Å²) in [5.74, 6) is -0.754. The minimum absolute atomic E-state index is 0.561. The van der Waals surface area contributed by atoms with Gasteiger partial charge in [0.1, 0.15) is 0 Å². The number of rotatable bonds is 15. The molecule has 2 nitrogen and oxygen atoms in total. The van der Waals surface area contributed by atoms with Crippen molar-refractivity contribution in [1.29, 1.82) is 0 Å². The molecule has 0 atom stereocenters. The lowest BCUT2D eigenvalue weighted by Crippen LogP contribution is -2.01. The van der Waals surface area contributed by atoms with Crippen LogP contribution < -0.4 is 0 Å². The van der Waals surface area contributed by atoms with Gasteiger partial charge in [-0.05, 0) is 26.2 Å². The molecule has 0 bridgehead atoms. The van der Waals surface area contributed by atoms with Crippen molar-refractivity contribution in [3.63, 3.8) is 0 Å². The van der Waals surface area contributed by atoms with Crippen LogP contribution in [0.25, 0.3) is 0 Å². The van der Waals surface area contributed by atoms with Gasteiger partial charge < -0.3 is 5.11 Å². The monoisotopic (exact) mass is 310 g/mol. The maximum absolute atomic E-state index is 11.0. The van der Waals surface area contributed by atoms with Crippen molar-refractivity contribution in [2.24, 2.45) is 0 Å². The zero-order valence-corrected chi connectivity index (χ0v) is 15.3. The molecule has 0 heterocycles. The molecule has 0 aliphatic rings. The second-order valence-corrected chi connectivity index (χ2v) is 6.53. The van der Waals surface area contributed by atoms with E-state index in [1.807, 2.05) is 0 Å². The number of carboxylic acid groups (broad SMARTS) is 1.